The molecule has 2 aromatic heterocycles. The van der Waals surface area contributed by atoms with E-state index in [1.54, 1.807) is 24.0 Å². The number of aromatic nitrogens is 5. The van der Waals surface area contributed by atoms with Gasteiger partial charge in [-0.1, -0.05) is 43.1 Å². The van der Waals surface area contributed by atoms with Crippen LogP contribution in [0.3, 0.4) is 0 Å². The highest BCUT2D eigenvalue weighted by Crippen LogP contribution is 2.42. The predicted molar refractivity (Wildman–Crippen MR) is 115 cm³/mol. The van der Waals surface area contributed by atoms with Gasteiger partial charge in [0.15, 0.2) is 5.69 Å². The fourth-order valence-corrected chi connectivity index (χ4v) is 4.10. The first kappa shape index (κ1) is 22.5. The van der Waals surface area contributed by atoms with E-state index >= 15 is 0 Å². The van der Waals surface area contributed by atoms with E-state index in [1.165, 1.54) is 11.7 Å². The number of rotatable bonds is 8. The van der Waals surface area contributed by atoms with Gasteiger partial charge in [0.1, 0.15) is 18.0 Å². The Morgan fingerprint density at radius 1 is 1.26 bits per heavy atom. The van der Waals surface area contributed by atoms with Gasteiger partial charge >= 0.3 is 5.97 Å². The summed E-state index contributed by atoms with van der Waals surface area (Å²) in [4.78, 5) is 29.1. The Labute approximate surface area is 184 Å². The third kappa shape index (κ3) is 4.18. The Bertz CT molecular complexity index is 1160. The molecule has 2 heterocycles. The van der Waals surface area contributed by atoms with E-state index < -0.39 is 29.1 Å². The van der Waals surface area contributed by atoms with Crippen molar-refractivity contribution in [3.05, 3.63) is 68.9 Å². The smallest absolute Gasteiger partial charge is 0.358 e. The van der Waals surface area contributed by atoms with Crippen molar-refractivity contribution < 1.29 is 14.6 Å². The lowest BCUT2D eigenvalue weighted by molar-refractivity contribution is 0.0685. The lowest BCUT2D eigenvalue weighted by Gasteiger charge is -2.28. The van der Waals surface area contributed by atoms with Crippen LogP contribution < -0.4 is 10.3 Å². The zero-order chi connectivity index (χ0) is 22.7. The molecule has 0 amide bonds. The van der Waals surface area contributed by atoms with Crippen molar-refractivity contribution >= 4 is 17.6 Å². The monoisotopic (exact) mass is 445 g/mol. The van der Waals surface area contributed by atoms with Crippen LogP contribution in [-0.2, 0) is 14.1 Å². The van der Waals surface area contributed by atoms with Crippen LogP contribution in [0.2, 0.25) is 5.02 Å². The molecule has 0 saturated heterocycles. The fourth-order valence-electron chi connectivity index (χ4n) is 3.85. The van der Waals surface area contributed by atoms with E-state index in [0.29, 0.717) is 23.1 Å². The summed E-state index contributed by atoms with van der Waals surface area (Å²) in [6, 6.07) is 7.38. The number of carbonyl (C=O) groups is 1. The van der Waals surface area contributed by atoms with Gasteiger partial charge in [-0.05, 0) is 18.1 Å². The fraction of sp³-hybridized carbons (Fsp3) is 0.381. The zero-order valence-corrected chi connectivity index (χ0v) is 18.5. The Morgan fingerprint density at radius 2 is 1.97 bits per heavy atom. The number of ether oxygens (including phenoxy) is 1. The Balaban J connectivity index is 2.33. The molecule has 3 aromatic rings. The highest BCUT2D eigenvalue weighted by molar-refractivity contribution is 6.31. The van der Waals surface area contributed by atoms with Gasteiger partial charge in [0.25, 0.3) is 5.56 Å². The first-order valence-corrected chi connectivity index (χ1v) is 10.2. The number of hydrogen-bond acceptors (Lipinski definition) is 6. The molecule has 164 valence electrons. The second-order valence-corrected chi connectivity index (χ2v) is 7.62. The molecule has 9 nitrogen and oxygen atoms in total. The van der Waals surface area contributed by atoms with Gasteiger partial charge < -0.3 is 14.4 Å². The maximum atomic E-state index is 12.9. The van der Waals surface area contributed by atoms with Crippen molar-refractivity contribution in [2.24, 2.45) is 14.1 Å². The van der Waals surface area contributed by atoms with Gasteiger partial charge in [-0.2, -0.15) is 0 Å². The molecule has 0 saturated carbocycles. The van der Waals surface area contributed by atoms with E-state index in [0.717, 1.165) is 12.0 Å². The minimum Gasteiger partial charge on any atom is -0.489 e. The lowest BCUT2D eigenvalue weighted by atomic mass is 9.81. The number of benzene rings is 1. The van der Waals surface area contributed by atoms with Crippen LogP contribution in [0.25, 0.3) is 0 Å². The van der Waals surface area contributed by atoms with Crippen LogP contribution >= 0.6 is 11.6 Å². The number of aromatic carboxylic acids is 1. The highest BCUT2D eigenvalue weighted by atomic mass is 35.5. The molecule has 0 radical (unpaired) electrons. The lowest BCUT2D eigenvalue weighted by Crippen LogP contribution is -2.31. The third-order valence-corrected chi connectivity index (χ3v) is 5.63. The summed E-state index contributed by atoms with van der Waals surface area (Å²) in [7, 11) is 4.63. The largest absolute Gasteiger partial charge is 0.489 e. The van der Waals surface area contributed by atoms with E-state index in [1.807, 2.05) is 32.2 Å². The average Bonchev–Trinajstić information content (AvgIpc) is 3.16. The minimum atomic E-state index is -1.33. The third-order valence-electron chi connectivity index (χ3n) is 5.29. The minimum absolute atomic E-state index is 0.304. The second-order valence-electron chi connectivity index (χ2n) is 7.22. The molecular weight excluding hydrogens is 422 g/mol. The Hall–Kier alpha value is -3.20. The van der Waals surface area contributed by atoms with E-state index in [4.69, 9.17) is 16.3 Å². The number of halogens is 1. The Kier molecular flexibility index (Phi) is 6.74. The summed E-state index contributed by atoms with van der Waals surface area (Å²) >= 11 is 6.56. The molecule has 1 N–H and O–H groups in total. The quantitative estimate of drug-likeness (QED) is 0.567. The molecule has 2 atom stereocenters. The zero-order valence-electron chi connectivity index (χ0n) is 17.7. The molecule has 1 aromatic carbocycles. The average molecular weight is 446 g/mol. The van der Waals surface area contributed by atoms with Crippen molar-refractivity contribution in [2.75, 3.05) is 7.11 Å². The maximum absolute atomic E-state index is 12.9. The Morgan fingerprint density at radius 3 is 2.52 bits per heavy atom. The molecule has 3 rings (SSSR count). The normalized spacial score (nSPS) is 13.1. The summed E-state index contributed by atoms with van der Waals surface area (Å²) in [6.45, 7) is 2.01. The number of nitrogens with zero attached hydrogens (tertiary/aromatic N) is 5. The van der Waals surface area contributed by atoms with Crippen LogP contribution in [0, 0.1) is 0 Å². The maximum Gasteiger partial charge on any atom is 0.358 e. The van der Waals surface area contributed by atoms with E-state index in [-0.39, 0.29) is 5.75 Å². The standard InChI is InChI=1S/C21H24ClN5O4/c1-5-8-13(18-24-16(21(29)30)17(31-4)20(28)27(18)3)15(19-25-23-11-26(19)2)12-9-6-7-10-14(12)22/h6-7,9-11,13,15H,5,8H2,1-4H3,(H,29,30). The topological polar surface area (TPSA) is 112 Å². The summed E-state index contributed by atoms with van der Waals surface area (Å²) in [5.74, 6) is -1.49. The summed E-state index contributed by atoms with van der Waals surface area (Å²) in [6.07, 6.45) is 2.95. The highest BCUT2D eigenvalue weighted by Gasteiger charge is 2.35. The van der Waals surface area contributed by atoms with Gasteiger partial charge in [-0.15, -0.1) is 10.2 Å². The number of carboxylic acids is 1. The second kappa shape index (κ2) is 9.30. The molecule has 0 bridgehead atoms. The van der Waals surface area contributed by atoms with Crippen molar-refractivity contribution in [1.29, 1.82) is 0 Å². The predicted octanol–water partition coefficient (Wildman–Crippen LogP) is 2.98. The first-order valence-electron chi connectivity index (χ1n) is 9.78. The molecule has 2 unspecified atom stereocenters. The van der Waals surface area contributed by atoms with Gasteiger partial charge in [-0.25, -0.2) is 9.78 Å². The molecule has 0 aliphatic heterocycles. The molecule has 0 fully saturated rings. The first-order chi connectivity index (χ1) is 14.8. The van der Waals surface area contributed by atoms with Crippen LogP contribution in [0.1, 0.15) is 59.3 Å². The van der Waals surface area contributed by atoms with Gasteiger partial charge in [-0.3, -0.25) is 9.36 Å². The number of aryl methyl sites for hydroxylation is 1. The van der Waals surface area contributed by atoms with Crippen molar-refractivity contribution in [1.82, 2.24) is 24.3 Å². The van der Waals surface area contributed by atoms with Gasteiger partial charge in [0, 0.05) is 25.0 Å². The molecular formula is C21H24ClN5O4. The number of carboxylic acid groups (broad SMARTS) is 1. The van der Waals surface area contributed by atoms with E-state index in [9.17, 15) is 14.7 Å². The SMILES string of the molecule is CCCC(c1nc(C(=O)O)c(OC)c(=O)n1C)C(c1ccccc1Cl)c1nncn1C. The molecule has 0 aliphatic carbocycles. The molecule has 31 heavy (non-hydrogen) atoms. The van der Waals surface area contributed by atoms with E-state index in [2.05, 4.69) is 15.2 Å². The van der Waals surface area contributed by atoms with Crippen molar-refractivity contribution in [3.8, 4) is 5.75 Å². The van der Waals surface area contributed by atoms with Crippen LogP contribution in [0.5, 0.6) is 5.75 Å². The molecule has 10 heteroatoms. The van der Waals surface area contributed by atoms with Gasteiger partial charge in [0.05, 0.1) is 13.0 Å². The van der Waals surface area contributed by atoms with Crippen molar-refractivity contribution in [3.63, 3.8) is 0 Å². The summed E-state index contributed by atoms with van der Waals surface area (Å²) < 4.78 is 8.17. The van der Waals surface area contributed by atoms with Crippen LogP contribution in [-0.4, -0.2) is 42.5 Å². The van der Waals surface area contributed by atoms with Crippen LogP contribution in [0.15, 0.2) is 35.4 Å². The molecule has 0 aliphatic rings. The summed E-state index contributed by atoms with van der Waals surface area (Å²) in [5.41, 5.74) is -0.194. The van der Waals surface area contributed by atoms with Crippen LogP contribution in [0.4, 0.5) is 0 Å². The van der Waals surface area contributed by atoms with Gasteiger partial charge in [0.2, 0.25) is 5.75 Å². The number of hydrogen-bond donors (Lipinski definition) is 1. The summed E-state index contributed by atoms with van der Waals surface area (Å²) in [5, 5.41) is 18.5. The molecule has 0 spiro atoms. The van der Waals surface area contributed by atoms with Crippen molar-refractivity contribution in [2.45, 2.75) is 31.6 Å². The number of methoxy groups -OCH3 is 1.